The van der Waals surface area contributed by atoms with Crippen molar-refractivity contribution >= 4 is 32.5 Å². The fraction of sp³-hybridized carbons (Fsp3) is 0.176. The predicted molar refractivity (Wildman–Crippen MR) is 90.0 cm³/mol. The zero-order chi connectivity index (χ0) is 15.9. The Bertz CT molecular complexity index is 925. The van der Waals surface area contributed by atoms with Gasteiger partial charge in [0.25, 0.3) is 10.0 Å². The van der Waals surface area contributed by atoms with Crippen LogP contribution in [0.15, 0.2) is 59.6 Å². The van der Waals surface area contributed by atoms with Gasteiger partial charge in [-0.2, -0.15) is 0 Å². The lowest BCUT2D eigenvalue weighted by molar-refractivity contribution is 0.589. The largest absolute Gasteiger partial charge is 0.268 e. The smallest absolute Gasteiger partial charge is 0.241 e. The number of hydrogen-bond acceptors (Lipinski definition) is 2. The van der Waals surface area contributed by atoms with Gasteiger partial charge in [-0.25, -0.2) is 12.4 Å². The van der Waals surface area contributed by atoms with Crippen molar-refractivity contribution in [3.8, 4) is 0 Å². The maximum Gasteiger partial charge on any atom is 0.268 e. The fourth-order valence-corrected chi connectivity index (χ4v) is 4.07. The average Bonchev–Trinajstić information content (AvgIpc) is 2.88. The summed E-state index contributed by atoms with van der Waals surface area (Å²) in [6, 6.07) is 14.2. The van der Waals surface area contributed by atoms with E-state index in [1.165, 1.54) is 3.97 Å². The summed E-state index contributed by atoms with van der Waals surface area (Å²) in [5.74, 6) is 0. The van der Waals surface area contributed by atoms with E-state index in [-0.39, 0.29) is 10.3 Å². The second kappa shape index (κ2) is 5.45. The van der Waals surface area contributed by atoms with Crippen molar-refractivity contribution in [2.24, 2.45) is 0 Å². The predicted octanol–water partition coefficient (Wildman–Crippen LogP) is 4.49. The molecule has 114 valence electrons. The number of benzene rings is 2. The van der Waals surface area contributed by atoms with Crippen LogP contribution in [0.2, 0.25) is 0 Å². The summed E-state index contributed by atoms with van der Waals surface area (Å²) in [7, 11) is -3.64. The molecule has 0 unspecified atom stereocenters. The normalized spacial score (nSPS) is 13.4. The van der Waals surface area contributed by atoms with Crippen LogP contribution < -0.4 is 0 Å². The first kappa shape index (κ1) is 15.1. The minimum absolute atomic E-state index is 0.264. The lowest BCUT2D eigenvalue weighted by atomic mass is 10.1. The Hall–Kier alpha value is -1.78. The molecular weight excluding hydrogens is 318 g/mol. The molecule has 0 N–H and O–H groups in total. The van der Waals surface area contributed by atoms with Gasteiger partial charge in [0, 0.05) is 11.6 Å². The minimum Gasteiger partial charge on any atom is -0.241 e. The van der Waals surface area contributed by atoms with Gasteiger partial charge in [0.05, 0.1) is 15.8 Å². The number of halogens is 1. The van der Waals surface area contributed by atoms with Crippen LogP contribution in [0, 0.1) is 6.92 Å². The van der Waals surface area contributed by atoms with Gasteiger partial charge < -0.3 is 0 Å². The molecule has 3 aromatic rings. The summed E-state index contributed by atoms with van der Waals surface area (Å²) in [6.45, 7) is 3.76. The van der Waals surface area contributed by atoms with Crippen molar-refractivity contribution in [2.75, 3.05) is 0 Å². The molecule has 0 radical (unpaired) electrons. The van der Waals surface area contributed by atoms with Crippen LogP contribution in [0.5, 0.6) is 0 Å². The molecule has 0 aliphatic heterocycles. The Kier molecular flexibility index (Phi) is 3.75. The van der Waals surface area contributed by atoms with Crippen molar-refractivity contribution in [2.45, 2.75) is 24.1 Å². The molecule has 0 spiro atoms. The van der Waals surface area contributed by atoms with Crippen molar-refractivity contribution in [1.29, 1.82) is 0 Å². The van der Waals surface area contributed by atoms with Crippen LogP contribution in [0.25, 0.3) is 10.9 Å². The first-order valence-corrected chi connectivity index (χ1v) is 8.85. The van der Waals surface area contributed by atoms with Gasteiger partial charge in [-0.05, 0) is 37.6 Å². The summed E-state index contributed by atoms with van der Waals surface area (Å²) in [6.07, 6.45) is 1.62. The van der Waals surface area contributed by atoms with Crippen LogP contribution in [-0.2, 0) is 10.0 Å². The topological polar surface area (TPSA) is 39.1 Å². The van der Waals surface area contributed by atoms with Crippen LogP contribution in [0.1, 0.15) is 23.4 Å². The SMILES string of the molecule is Cc1ccc(S(=O)(=O)n2cc([C@@H](C)Cl)c3ccccc32)cc1. The molecule has 3 nitrogen and oxygen atoms in total. The second-order valence-corrected chi connectivity index (χ2v) is 7.80. The van der Waals surface area contributed by atoms with Crippen molar-refractivity contribution in [3.63, 3.8) is 0 Å². The van der Waals surface area contributed by atoms with Gasteiger partial charge in [0.15, 0.2) is 0 Å². The van der Waals surface area contributed by atoms with Crippen molar-refractivity contribution < 1.29 is 8.42 Å². The quantitative estimate of drug-likeness (QED) is 0.662. The Morgan fingerprint density at radius 1 is 1.05 bits per heavy atom. The van der Waals surface area contributed by atoms with Crippen LogP contribution in [-0.4, -0.2) is 12.4 Å². The molecule has 0 bridgehead atoms. The lowest BCUT2D eigenvalue weighted by Crippen LogP contribution is -2.11. The van der Waals surface area contributed by atoms with Gasteiger partial charge in [-0.3, -0.25) is 0 Å². The molecular formula is C17H16ClNO2S. The number of para-hydroxylation sites is 1. The number of aryl methyl sites for hydroxylation is 1. The highest BCUT2D eigenvalue weighted by Crippen LogP contribution is 2.32. The molecule has 1 aromatic heterocycles. The van der Waals surface area contributed by atoms with E-state index in [4.69, 9.17) is 11.6 Å². The van der Waals surface area contributed by atoms with Gasteiger partial charge in [-0.1, -0.05) is 35.9 Å². The molecule has 3 rings (SSSR count). The molecule has 0 saturated carbocycles. The molecule has 22 heavy (non-hydrogen) atoms. The van der Waals surface area contributed by atoms with Gasteiger partial charge in [0.2, 0.25) is 0 Å². The average molecular weight is 334 g/mol. The first-order valence-electron chi connectivity index (χ1n) is 6.97. The summed E-state index contributed by atoms with van der Waals surface area (Å²) in [5, 5.41) is 0.597. The summed E-state index contributed by atoms with van der Waals surface area (Å²) in [5.41, 5.74) is 2.48. The third kappa shape index (κ3) is 2.42. The van der Waals surface area contributed by atoms with Crippen LogP contribution in [0.3, 0.4) is 0 Å². The highest BCUT2D eigenvalue weighted by molar-refractivity contribution is 7.90. The fourth-order valence-electron chi connectivity index (χ4n) is 2.51. The number of nitrogens with zero attached hydrogens (tertiary/aromatic N) is 1. The molecule has 0 amide bonds. The third-order valence-electron chi connectivity index (χ3n) is 3.72. The highest BCUT2D eigenvalue weighted by atomic mass is 35.5. The monoisotopic (exact) mass is 333 g/mol. The van der Waals surface area contributed by atoms with E-state index in [2.05, 4.69) is 0 Å². The molecule has 1 atom stereocenters. The molecule has 0 aliphatic carbocycles. The number of aromatic nitrogens is 1. The van der Waals surface area contributed by atoms with E-state index in [9.17, 15) is 8.42 Å². The zero-order valence-electron chi connectivity index (χ0n) is 12.3. The summed E-state index contributed by atoms with van der Waals surface area (Å²) >= 11 is 6.20. The maximum absolute atomic E-state index is 12.9. The van der Waals surface area contributed by atoms with E-state index in [1.807, 2.05) is 32.0 Å². The number of hydrogen-bond donors (Lipinski definition) is 0. The Morgan fingerprint density at radius 2 is 1.68 bits per heavy atom. The molecule has 5 heteroatoms. The Morgan fingerprint density at radius 3 is 2.32 bits per heavy atom. The maximum atomic E-state index is 12.9. The lowest BCUT2D eigenvalue weighted by Gasteiger charge is -2.07. The van der Waals surface area contributed by atoms with E-state index in [0.717, 1.165) is 16.5 Å². The van der Waals surface area contributed by atoms with E-state index >= 15 is 0 Å². The van der Waals surface area contributed by atoms with Crippen LogP contribution in [0.4, 0.5) is 0 Å². The van der Waals surface area contributed by atoms with Crippen molar-refractivity contribution in [3.05, 3.63) is 65.9 Å². The number of fused-ring (bicyclic) bond motifs is 1. The summed E-state index contributed by atoms with van der Waals surface area (Å²) in [4.78, 5) is 0.271. The number of rotatable bonds is 3. The molecule has 2 aromatic carbocycles. The second-order valence-electron chi connectivity index (χ2n) is 5.33. The van der Waals surface area contributed by atoms with Gasteiger partial charge >= 0.3 is 0 Å². The zero-order valence-corrected chi connectivity index (χ0v) is 13.9. The Balaban J connectivity index is 2.27. The highest BCUT2D eigenvalue weighted by Gasteiger charge is 2.22. The molecule has 0 saturated heterocycles. The Labute approximate surface area is 135 Å². The van der Waals surface area contributed by atoms with Gasteiger partial charge in [-0.15, -0.1) is 11.6 Å². The van der Waals surface area contributed by atoms with Gasteiger partial charge in [0.1, 0.15) is 0 Å². The summed E-state index contributed by atoms with van der Waals surface area (Å²) < 4.78 is 27.2. The van der Waals surface area contributed by atoms with E-state index in [0.29, 0.717) is 5.52 Å². The molecule has 0 fully saturated rings. The van der Waals surface area contributed by atoms with E-state index < -0.39 is 10.0 Å². The van der Waals surface area contributed by atoms with Crippen LogP contribution >= 0.6 is 11.6 Å². The first-order chi connectivity index (χ1) is 10.4. The molecule has 0 aliphatic rings. The standard InChI is InChI=1S/C17H16ClNO2S/c1-12-7-9-14(10-8-12)22(20,21)19-11-16(13(2)18)15-5-3-4-6-17(15)19/h3-11,13H,1-2H3/t13-/m1/s1. The van der Waals surface area contributed by atoms with E-state index in [1.54, 1.807) is 36.5 Å². The molecule has 1 heterocycles. The third-order valence-corrected chi connectivity index (χ3v) is 5.64. The number of alkyl halides is 1. The minimum atomic E-state index is -3.64. The van der Waals surface area contributed by atoms with Crippen molar-refractivity contribution in [1.82, 2.24) is 3.97 Å².